The normalized spacial score (nSPS) is 11.2. The average molecular weight is 413 g/mol. The van der Waals surface area contributed by atoms with Crippen LogP contribution in [0.2, 0.25) is 0 Å². The van der Waals surface area contributed by atoms with E-state index in [1.807, 2.05) is 0 Å². The summed E-state index contributed by atoms with van der Waals surface area (Å²) < 4.78 is 38.0. The van der Waals surface area contributed by atoms with Gasteiger partial charge in [0.15, 0.2) is 0 Å². The highest BCUT2D eigenvalue weighted by Gasteiger charge is 2.35. The molecule has 0 fully saturated rings. The van der Waals surface area contributed by atoms with Gasteiger partial charge in [0.2, 0.25) is 0 Å². The van der Waals surface area contributed by atoms with Crippen molar-refractivity contribution in [2.45, 2.75) is 61.6 Å². The first-order chi connectivity index (χ1) is 13.9. The van der Waals surface area contributed by atoms with Crippen LogP contribution in [0.5, 0.6) is 0 Å². The van der Waals surface area contributed by atoms with Crippen LogP contribution < -0.4 is 0 Å². The Morgan fingerprint density at radius 1 is 0.500 bits per heavy atom. The summed E-state index contributed by atoms with van der Waals surface area (Å²) in [5.74, 6) is 0. The van der Waals surface area contributed by atoms with E-state index in [0.29, 0.717) is 22.3 Å². The number of hydrogen-bond donors (Lipinski definition) is 0. The maximum Gasteiger partial charge on any atom is 0.416 e. The highest BCUT2D eigenvalue weighted by atomic mass is 19.4. The summed E-state index contributed by atoms with van der Waals surface area (Å²) >= 11 is 0. The molecule has 0 saturated heterocycles. The van der Waals surface area contributed by atoms with Crippen molar-refractivity contribution in [2.75, 3.05) is 0 Å². The molecule has 0 atom stereocenters. The standard InChI is InChI=1S/C16H18.C11H13F3/c1-11-7-5-9-15(13(11)3)16-10-6-8-12(2)14(16)4;1-6-5-7(2)9(4)10(8(6)3)11(12,13)14/h5-10H,1-4H3;5H,1-4H3. The zero-order chi connectivity index (χ0) is 22.8. The Balaban J connectivity index is 0.000000216. The Morgan fingerprint density at radius 3 is 1.20 bits per heavy atom. The molecule has 0 aliphatic carbocycles. The largest absolute Gasteiger partial charge is 0.416 e. The molecule has 0 amide bonds. The Morgan fingerprint density at radius 2 is 0.867 bits per heavy atom. The van der Waals surface area contributed by atoms with Crippen LogP contribution in [0.4, 0.5) is 13.2 Å². The molecule has 0 aromatic heterocycles. The van der Waals surface area contributed by atoms with Gasteiger partial charge < -0.3 is 0 Å². The summed E-state index contributed by atoms with van der Waals surface area (Å²) in [6, 6.07) is 14.8. The average Bonchev–Trinajstić information content (AvgIpc) is 2.65. The zero-order valence-electron chi connectivity index (χ0n) is 19.2. The molecule has 3 aromatic carbocycles. The van der Waals surface area contributed by atoms with Crippen LogP contribution in [0, 0.1) is 55.4 Å². The predicted octanol–water partition coefficient (Wildman–Crippen LogP) is 8.53. The Hall–Kier alpha value is -2.55. The van der Waals surface area contributed by atoms with Gasteiger partial charge in [0, 0.05) is 0 Å². The van der Waals surface area contributed by atoms with E-state index in [0.717, 1.165) is 0 Å². The molecule has 0 spiro atoms. The van der Waals surface area contributed by atoms with Gasteiger partial charge >= 0.3 is 6.18 Å². The molecule has 3 heteroatoms. The van der Waals surface area contributed by atoms with E-state index in [-0.39, 0.29) is 0 Å². The summed E-state index contributed by atoms with van der Waals surface area (Å²) in [7, 11) is 0. The maximum atomic E-state index is 12.7. The van der Waals surface area contributed by atoms with Gasteiger partial charge in [-0.05, 0) is 111 Å². The van der Waals surface area contributed by atoms with Gasteiger partial charge in [0.1, 0.15) is 0 Å². The topological polar surface area (TPSA) is 0 Å². The van der Waals surface area contributed by atoms with Crippen molar-refractivity contribution in [2.24, 2.45) is 0 Å². The number of aryl methyl sites for hydroxylation is 4. The number of hydrogen-bond acceptors (Lipinski definition) is 0. The molecule has 160 valence electrons. The molecule has 30 heavy (non-hydrogen) atoms. The van der Waals surface area contributed by atoms with Crippen LogP contribution in [-0.4, -0.2) is 0 Å². The lowest BCUT2D eigenvalue weighted by Gasteiger charge is -2.17. The van der Waals surface area contributed by atoms with E-state index in [1.54, 1.807) is 19.9 Å². The molecule has 3 aromatic rings. The van der Waals surface area contributed by atoms with Gasteiger partial charge in [0.25, 0.3) is 0 Å². The maximum absolute atomic E-state index is 12.7. The monoisotopic (exact) mass is 412 g/mol. The summed E-state index contributed by atoms with van der Waals surface area (Å²) in [6.45, 7) is 15.2. The highest BCUT2D eigenvalue weighted by molar-refractivity contribution is 5.72. The van der Waals surface area contributed by atoms with E-state index in [2.05, 4.69) is 64.1 Å². The number of benzene rings is 3. The summed E-state index contributed by atoms with van der Waals surface area (Å²) in [6.07, 6.45) is -4.25. The third-order valence-electron chi connectivity index (χ3n) is 6.15. The second-order valence-electron chi connectivity index (χ2n) is 8.13. The van der Waals surface area contributed by atoms with Crippen LogP contribution in [0.25, 0.3) is 11.1 Å². The molecule has 0 N–H and O–H groups in total. The highest BCUT2D eigenvalue weighted by Crippen LogP contribution is 2.36. The molecule has 0 unspecified atom stereocenters. The Bertz CT molecular complexity index is 981. The molecule has 0 nitrogen and oxygen atoms in total. The minimum absolute atomic E-state index is 0.334. The van der Waals surface area contributed by atoms with Gasteiger partial charge in [0.05, 0.1) is 5.56 Å². The van der Waals surface area contributed by atoms with Gasteiger partial charge in [-0.1, -0.05) is 42.5 Å². The lowest BCUT2D eigenvalue weighted by atomic mass is 9.92. The van der Waals surface area contributed by atoms with Crippen molar-refractivity contribution in [3.8, 4) is 11.1 Å². The van der Waals surface area contributed by atoms with Crippen molar-refractivity contribution in [1.29, 1.82) is 0 Å². The van der Waals surface area contributed by atoms with Crippen LogP contribution in [0.3, 0.4) is 0 Å². The fourth-order valence-electron chi connectivity index (χ4n) is 3.73. The third kappa shape index (κ3) is 4.95. The first-order valence-electron chi connectivity index (χ1n) is 10.1. The van der Waals surface area contributed by atoms with Crippen molar-refractivity contribution in [1.82, 2.24) is 0 Å². The van der Waals surface area contributed by atoms with Crippen LogP contribution >= 0.6 is 0 Å². The second-order valence-corrected chi connectivity index (χ2v) is 8.13. The smallest absolute Gasteiger partial charge is 0.166 e. The van der Waals surface area contributed by atoms with Gasteiger partial charge in [-0.15, -0.1) is 0 Å². The van der Waals surface area contributed by atoms with Crippen LogP contribution in [0.1, 0.15) is 50.1 Å². The van der Waals surface area contributed by atoms with Crippen molar-refractivity contribution >= 4 is 0 Å². The first kappa shape index (κ1) is 23.7. The molecule has 0 aliphatic rings. The molecular formula is C27H31F3. The number of rotatable bonds is 1. The lowest BCUT2D eigenvalue weighted by molar-refractivity contribution is -0.138. The van der Waals surface area contributed by atoms with Crippen LogP contribution in [0.15, 0.2) is 42.5 Å². The van der Waals surface area contributed by atoms with E-state index in [9.17, 15) is 13.2 Å². The Labute approximate surface area is 178 Å². The Kier molecular flexibility index (Phi) is 7.18. The fourth-order valence-corrected chi connectivity index (χ4v) is 3.73. The molecule has 0 radical (unpaired) electrons. The number of halogens is 3. The quantitative estimate of drug-likeness (QED) is 0.376. The minimum Gasteiger partial charge on any atom is -0.166 e. The third-order valence-corrected chi connectivity index (χ3v) is 6.15. The van der Waals surface area contributed by atoms with Gasteiger partial charge in [-0.2, -0.15) is 13.2 Å². The van der Waals surface area contributed by atoms with E-state index >= 15 is 0 Å². The zero-order valence-corrected chi connectivity index (χ0v) is 19.2. The fraction of sp³-hybridized carbons (Fsp3) is 0.333. The van der Waals surface area contributed by atoms with Gasteiger partial charge in [-0.25, -0.2) is 0 Å². The van der Waals surface area contributed by atoms with Crippen molar-refractivity contribution < 1.29 is 13.2 Å². The van der Waals surface area contributed by atoms with Crippen LogP contribution in [-0.2, 0) is 6.18 Å². The summed E-state index contributed by atoms with van der Waals surface area (Å²) in [5.41, 5.74) is 9.80. The van der Waals surface area contributed by atoms with E-state index in [4.69, 9.17) is 0 Å². The summed E-state index contributed by atoms with van der Waals surface area (Å²) in [4.78, 5) is 0. The van der Waals surface area contributed by atoms with Crippen molar-refractivity contribution in [3.05, 3.63) is 92.5 Å². The molecule has 0 bridgehead atoms. The minimum atomic E-state index is -4.25. The first-order valence-corrected chi connectivity index (χ1v) is 10.1. The summed E-state index contributed by atoms with van der Waals surface area (Å²) in [5, 5.41) is 0. The second kappa shape index (κ2) is 9.07. The number of alkyl halides is 3. The molecular weight excluding hydrogens is 381 g/mol. The van der Waals surface area contributed by atoms with E-state index < -0.39 is 11.7 Å². The molecule has 0 saturated carbocycles. The molecule has 0 aliphatic heterocycles. The lowest BCUT2D eigenvalue weighted by Crippen LogP contribution is -2.12. The SMILES string of the molecule is Cc1cc(C)c(C)c(C(F)(F)F)c1C.Cc1cccc(-c2cccc(C)c2C)c1C. The molecule has 0 heterocycles. The molecule has 3 rings (SSSR count). The van der Waals surface area contributed by atoms with E-state index in [1.165, 1.54) is 47.2 Å². The van der Waals surface area contributed by atoms with Gasteiger partial charge in [-0.3, -0.25) is 0 Å². The predicted molar refractivity (Wildman–Crippen MR) is 121 cm³/mol. The van der Waals surface area contributed by atoms with Crippen molar-refractivity contribution in [3.63, 3.8) is 0 Å².